The van der Waals surface area contributed by atoms with Crippen LogP contribution in [0.4, 0.5) is 14.3 Å². The number of aromatic nitrogens is 1. The molecule has 0 bridgehead atoms. The summed E-state index contributed by atoms with van der Waals surface area (Å²) < 4.78 is 14.0. The molecular formula is C20H19FN4O2S. The van der Waals surface area contributed by atoms with E-state index < -0.39 is 0 Å². The van der Waals surface area contributed by atoms with E-state index in [1.165, 1.54) is 35.6 Å². The van der Waals surface area contributed by atoms with Crippen molar-refractivity contribution in [1.29, 1.82) is 0 Å². The number of carbonyl (C=O) groups is 2. The molecule has 0 unspecified atom stereocenters. The molecule has 2 aromatic carbocycles. The molecule has 1 aliphatic rings. The zero-order chi connectivity index (χ0) is 19.5. The maximum Gasteiger partial charge on any atom is 0.323 e. The van der Waals surface area contributed by atoms with Crippen molar-refractivity contribution in [2.75, 3.05) is 18.4 Å². The van der Waals surface area contributed by atoms with Gasteiger partial charge in [-0.05, 0) is 49.2 Å². The smallest absolute Gasteiger partial charge is 0.323 e. The van der Waals surface area contributed by atoms with E-state index in [0.717, 1.165) is 10.2 Å². The maximum atomic E-state index is 13.0. The highest BCUT2D eigenvalue weighted by Gasteiger charge is 2.24. The molecular weight excluding hydrogens is 379 g/mol. The molecule has 4 rings (SSSR count). The molecule has 1 fully saturated rings. The number of hydrogen-bond donors (Lipinski definition) is 2. The molecule has 0 atom stereocenters. The number of fused-ring (bicyclic) bond motifs is 1. The molecule has 8 heteroatoms. The number of urea groups is 1. The summed E-state index contributed by atoms with van der Waals surface area (Å²) in [5.41, 5.74) is 1.29. The molecule has 1 saturated heterocycles. The van der Waals surface area contributed by atoms with Gasteiger partial charge in [-0.25, -0.2) is 14.2 Å². The summed E-state index contributed by atoms with van der Waals surface area (Å²) in [5.74, 6) is -0.596. The summed E-state index contributed by atoms with van der Waals surface area (Å²) >= 11 is 1.44. The van der Waals surface area contributed by atoms with Crippen LogP contribution in [0.3, 0.4) is 0 Å². The summed E-state index contributed by atoms with van der Waals surface area (Å²) in [5, 5.41) is 6.39. The van der Waals surface area contributed by atoms with E-state index in [9.17, 15) is 14.0 Å². The summed E-state index contributed by atoms with van der Waals surface area (Å²) in [6.07, 6.45) is 1.33. The molecule has 1 aliphatic heterocycles. The Hall–Kier alpha value is -3.00. The molecule has 0 radical (unpaired) electrons. The number of halogens is 1. The maximum absolute atomic E-state index is 13.0. The first-order chi connectivity index (χ1) is 13.6. The predicted molar refractivity (Wildman–Crippen MR) is 107 cm³/mol. The number of benzene rings is 2. The largest absolute Gasteiger partial charge is 0.349 e. The van der Waals surface area contributed by atoms with Crippen molar-refractivity contribution in [3.05, 3.63) is 59.9 Å². The summed E-state index contributed by atoms with van der Waals surface area (Å²) in [4.78, 5) is 30.9. The highest BCUT2D eigenvalue weighted by Crippen LogP contribution is 2.25. The summed E-state index contributed by atoms with van der Waals surface area (Å²) in [7, 11) is 0. The second-order valence-electron chi connectivity index (χ2n) is 6.66. The Morgan fingerprint density at radius 3 is 2.50 bits per heavy atom. The van der Waals surface area contributed by atoms with Crippen LogP contribution in [0.2, 0.25) is 0 Å². The monoisotopic (exact) mass is 398 g/mol. The quantitative estimate of drug-likeness (QED) is 0.704. The van der Waals surface area contributed by atoms with Crippen molar-refractivity contribution < 1.29 is 14.0 Å². The van der Waals surface area contributed by atoms with Gasteiger partial charge in [0.05, 0.1) is 10.2 Å². The minimum absolute atomic E-state index is 0.0101. The molecule has 6 nitrogen and oxygen atoms in total. The Kier molecular flexibility index (Phi) is 5.21. The fourth-order valence-electron chi connectivity index (χ4n) is 3.19. The molecule has 0 spiro atoms. The number of hydrogen-bond acceptors (Lipinski definition) is 4. The lowest BCUT2D eigenvalue weighted by molar-refractivity contribution is 0.0919. The van der Waals surface area contributed by atoms with Crippen LogP contribution in [0.15, 0.2) is 48.5 Å². The molecule has 2 N–H and O–H groups in total. The van der Waals surface area contributed by atoms with E-state index in [2.05, 4.69) is 15.6 Å². The lowest BCUT2D eigenvalue weighted by atomic mass is 10.0. The van der Waals surface area contributed by atoms with Gasteiger partial charge in [0.1, 0.15) is 5.82 Å². The van der Waals surface area contributed by atoms with Crippen LogP contribution in [0.1, 0.15) is 23.2 Å². The van der Waals surface area contributed by atoms with Gasteiger partial charge in [0, 0.05) is 24.7 Å². The minimum atomic E-state index is -0.371. The highest BCUT2D eigenvalue weighted by atomic mass is 32.1. The van der Waals surface area contributed by atoms with Crippen molar-refractivity contribution in [3.8, 4) is 0 Å². The Labute approximate surface area is 165 Å². The molecule has 28 heavy (non-hydrogen) atoms. The van der Waals surface area contributed by atoms with Crippen molar-refractivity contribution in [1.82, 2.24) is 15.2 Å². The number of nitrogens with zero attached hydrogens (tertiary/aromatic N) is 2. The van der Waals surface area contributed by atoms with Crippen LogP contribution in [0.25, 0.3) is 10.2 Å². The number of carbonyl (C=O) groups excluding carboxylic acids is 2. The number of likely N-dealkylation sites (tertiary alicyclic amines) is 1. The Morgan fingerprint density at radius 2 is 1.79 bits per heavy atom. The van der Waals surface area contributed by atoms with Crippen LogP contribution in [0, 0.1) is 5.82 Å². The van der Waals surface area contributed by atoms with Gasteiger partial charge in [-0.1, -0.05) is 23.5 Å². The van der Waals surface area contributed by atoms with Gasteiger partial charge in [0.15, 0.2) is 5.13 Å². The number of anilines is 1. The third-order valence-corrected chi connectivity index (χ3v) is 5.68. The third-order valence-electron chi connectivity index (χ3n) is 4.73. The lowest BCUT2D eigenvalue weighted by Gasteiger charge is -2.32. The molecule has 0 aliphatic carbocycles. The predicted octanol–water partition coefficient (Wildman–Crippen LogP) is 3.86. The first-order valence-electron chi connectivity index (χ1n) is 9.06. The molecule has 3 aromatic rings. The fourth-order valence-corrected chi connectivity index (χ4v) is 4.05. The number of piperidine rings is 1. The van der Waals surface area contributed by atoms with Crippen LogP contribution < -0.4 is 10.6 Å². The zero-order valence-electron chi connectivity index (χ0n) is 15.0. The van der Waals surface area contributed by atoms with Gasteiger partial charge >= 0.3 is 6.03 Å². The van der Waals surface area contributed by atoms with Gasteiger partial charge in [-0.3, -0.25) is 10.1 Å². The molecule has 2 heterocycles. The highest BCUT2D eigenvalue weighted by molar-refractivity contribution is 7.22. The standard InChI is InChI=1S/C20H19FN4O2S/c21-14-7-5-13(6-8-14)18(26)22-15-9-11-25(12-10-15)20(27)24-19-23-16-3-1-2-4-17(16)28-19/h1-8,15H,9-12H2,(H,22,26)(H,23,24,27). The topological polar surface area (TPSA) is 74.3 Å². The van der Waals surface area contributed by atoms with Gasteiger partial charge in [0.2, 0.25) is 0 Å². The SMILES string of the molecule is O=C(NC1CCN(C(=O)Nc2nc3ccccc3s2)CC1)c1ccc(F)cc1. The minimum Gasteiger partial charge on any atom is -0.349 e. The lowest BCUT2D eigenvalue weighted by Crippen LogP contribution is -2.47. The van der Waals surface area contributed by atoms with Gasteiger partial charge in [0.25, 0.3) is 5.91 Å². The van der Waals surface area contributed by atoms with Crippen LogP contribution in [0.5, 0.6) is 0 Å². The van der Waals surface area contributed by atoms with Crippen molar-refractivity contribution in [3.63, 3.8) is 0 Å². The van der Waals surface area contributed by atoms with E-state index >= 15 is 0 Å². The molecule has 3 amide bonds. The van der Waals surface area contributed by atoms with Gasteiger partial charge in [-0.15, -0.1) is 0 Å². The van der Waals surface area contributed by atoms with E-state index in [4.69, 9.17) is 0 Å². The van der Waals surface area contributed by atoms with Gasteiger partial charge in [-0.2, -0.15) is 0 Å². The average molecular weight is 398 g/mol. The summed E-state index contributed by atoms with van der Waals surface area (Å²) in [6.45, 7) is 1.09. The fraction of sp³-hybridized carbons (Fsp3) is 0.250. The number of nitrogens with one attached hydrogen (secondary N) is 2. The molecule has 0 saturated carbocycles. The molecule has 144 valence electrons. The van der Waals surface area contributed by atoms with Crippen LogP contribution in [-0.2, 0) is 0 Å². The Balaban J connectivity index is 1.29. The summed E-state index contributed by atoms with van der Waals surface area (Å²) in [6, 6.07) is 13.0. The van der Waals surface area contributed by atoms with E-state index in [1.54, 1.807) is 4.90 Å². The average Bonchev–Trinajstić information content (AvgIpc) is 3.11. The van der Waals surface area contributed by atoms with E-state index in [-0.39, 0.29) is 23.8 Å². The first-order valence-corrected chi connectivity index (χ1v) is 9.88. The first kappa shape index (κ1) is 18.4. The normalized spacial score (nSPS) is 14.8. The third kappa shape index (κ3) is 4.12. The van der Waals surface area contributed by atoms with Gasteiger partial charge < -0.3 is 10.2 Å². The van der Waals surface area contributed by atoms with Crippen LogP contribution in [-0.4, -0.2) is 41.0 Å². The van der Waals surface area contributed by atoms with Crippen molar-refractivity contribution in [2.24, 2.45) is 0 Å². The van der Waals surface area contributed by atoms with E-state index in [1.807, 2.05) is 24.3 Å². The van der Waals surface area contributed by atoms with Crippen molar-refractivity contribution in [2.45, 2.75) is 18.9 Å². The number of thiazole rings is 1. The number of amides is 3. The number of rotatable bonds is 3. The Morgan fingerprint density at radius 1 is 1.07 bits per heavy atom. The molecule has 1 aromatic heterocycles. The van der Waals surface area contributed by atoms with Crippen LogP contribution >= 0.6 is 11.3 Å². The second kappa shape index (κ2) is 7.93. The number of para-hydroxylation sites is 1. The van der Waals surface area contributed by atoms with Crippen molar-refractivity contribution >= 4 is 38.6 Å². The zero-order valence-corrected chi connectivity index (χ0v) is 15.8. The van der Waals surface area contributed by atoms with E-state index in [0.29, 0.717) is 36.6 Å². The second-order valence-corrected chi connectivity index (χ2v) is 7.69. The Bertz CT molecular complexity index is 964.